The number of methoxy groups -OCH3 is 4. The summed E-state index contributed by atoms with van der Waals surface area (Å²) < 4.78 is 22.9. The summed E-state index contributed by atoms with van der Waals surface area (Å²) in [6.07, 6.45) is 2.50. The van der Waals surface area contributed by atoms with Gasteiger partial charge in [-0.25, -0.2) is 9.78 Å². The Morgan fingerprint density at radius 3 is 2.23 bits per heavy atom. The predicted octanol–water partition coefficient (Wildman–Crippen LogP) is 4.57. The summed E-state index contributed by atoms with van der Waals surface area (Å²) in [5, 5.41) is 6.88. The van der Waals surface area contributed by atoms with Crippen LogP contribution in [0.3, 0.4) is 0 Å². The van der Waals surface area contributed by atoms with Crippen molar-refractivity contribution < 1.29 is 28.5 Å². The Morgan fingerprint density at radius 2 is 1.62 bits per heavy atom. The molecule has 1 amide bonds. The quantitative estimate of drug-likeness (QED) is 0.270. The zero-order valence-corrected chi connectivity index (χ0v) is 22.7. The molecule has 204 valence electrons. The predicted molar refractivity (Wildman–Crippen MR) is 149 cm³/mol. The lowest BCUT2D eigenvalue weighted by atomic mass is 10.1. The molecule has 4 aromatic rings. The maximum absolute atomic E-state index is 12.9. The second-order valence-corrected chi connectivity index (χ2v) is 8.79. The zero-order valence-electron chi connectivity index (χ0n) is 22.7. The number of rotatable bonds is 11. The van der Waals surface area contributed by atoms with E-state index < -0.39 is 5.97 Å². The molecule has 0 unspecified atom stereocenters. The lowest BCUT2D eigenvalue weighted by molar-refractivity contribution is -0.116. The van der Waals surface area contributed by atoms with Crippen molar-refractivity contribution >= 4 is 34.3 Å². The van der Waals surface area contributed by atoms with Crippen LogP contribution in [0.4, 0.5) is 11.4 Å². The summed E-state index contributed by atoms with van der Waals surface area (Å²) in [5.41, 5.74) is 3.75. The average Bonchev–Trinajstić information content (AvgIpc) is 3.24. The number of benzene rings is 2. The Labute approximate surface area is 226 Å². The Kier molecular flexibility index (Phi) is 8.55. The van der Waals surface area contributed by atoms with Crippen LogP contribution in [0.15, 0.2) is 54.7 Å². The van der Waals surface area contributed by atoms with Crippen molar-refractivity contribution in [3.8, 4) is 17.2 Å². The summed E-state index contributed by atoms with van der Waals surface area (Å²) in [5.74, 6) is 0.828. The van der Waals surface area contributed by atoms with Crippen LogP contribution in [0.1, 0.15) is 28.0 Å². The molecule has 0 atom stereocenters. The molecule has 0 aliphatic heterocycles. The molecular formula is C29H32N4O6. The summed E-state index contributed by atoms with van der Waals surface area (Å²) in [6.45, 7) is 0.430. The first kappa shape index (κ1) is 27.3. The van der Waals surface area contributed by atoms with Crippen molar-refractivity contribution in [2.75, 3.05) is 39.1 Å². The van der Waals surface area contributed by atoms with E-state index in [0.717, 1.165) is 11.1 Å². The first-order valence-corrected chi connectivity index (χ1v) is 12.3. The number of fused-ring (bicyclic) bond motifs is 1. The number of nitrogens with one attached hydrogen (secondary N) is 2. The number of hydrogen-bond donors (Lipinski definition) is 2. The first-order valence-electron chi connectivity index (χ1n) is 12.3. The fraction of sp³-hybridized carbons (Fsp3) is 0.276. The van der Waals surface area contributed by atoms with Crippen molar-refractivity contribution in [1.82, 2.24) is 9.55 Å². The van der Waals surface area contributed by atoms with Crippen LogP contribution < -0.4 is 24.8 Å². The number of carbonyl (C=O) groups excluding carboxylic acids is 2. The number of carbonyl (C=O) groups is 2. The monoisotopic (exact) mass is 532 g/mol. The summed E-state index contributed by atoms with van der Waals surface area (Å²) in [4.78, 5) is 30.2. The van der Waals surface area contributed by atoms with Crippen LogP contribution in [0.5, 0.6) is 17.2 Å². The van der Waals surface area contributed by atoms with E-state index in [1.54, 1.807) is 39.1 Å². The fourth-order valence-electron chi connectivity index (χ4n) is 4.41. The van der Waals surface area contributed by atoms with Crippen molar-refractivity contribution in [1.29, 1.82) is 0 Å². The van der Waals surface area contributed by atoms with Gasteiger partial charge in [0.1, 0.15) is 5.65 Å². The van der Waals surface area contributed by atoms with E-state index >= 15 is 0 Å². The van der Waals surface area contributed by atoms with Gasteiger partial charge in [-0.05, 0) is 35.7 Å². The highest BCUT2D eigenvalue weighted by molar-refractivity contribution is 6.11. The minimum Gasteiger partial charge on any atom is -0.493 e. The van der Waals surface area contributed by atoms with Crippen molar-refractivity contribution in [2.45, 2.75) is 19.4 Å². The fourth-order valence-corrected chi connectivity index (χ4v) is 4.41. The molecular weight excluding hydrogens is 500 g/mol. The molecule has 0 aliphatic carbocycles. The Hall–Kier alpha value is -4.73. The topological polar surface area (TPSA) is 113 Å². The molecule has 10 heteroatoms. The molecule has 10 nitrogen and oxygen atoms in total. The molecule has 2 N–H and O–H groups in total. The molecule has 4 rings (SSSR count). The van der Waals surface area contributed by atoms with Gasteiger partial charge < -0.3 is 34.1 Å². The second kappa shape index (κ2) is 12.2. The molecule has 0 fully saturated rings. The third-order valence-corrected chi connectivity index (χ3v) is 6.37. The van der Waals surface area contributed by atoms with Gasteiger partial charge in [0.25, 0.3) is 0 Å². The molecule has 0 aliphatic rings. The maximum atomic E-state index is 12.9. The molecule has 39 heavy (non-hydrogen) atoms. The van der Waals surface area contributed by atoms with Crippen LogP contribution >= 0.6 is 0 Å². The molecule has 0 saturated heterocycles. The van der Waals surface area contributed by atoms with Crippen LogP contribution in [0.25, 0.3) is 11.0 Å². The highest BCUT2D eigenvalue weighted by Crippen LogP contribution is 2.38. The highest BCUT2D eigenvalue weighted by Gasteiger charge is 2.24. The van der Waals surface area contributed by atoms with Crippen molar-refractivity contribution in [3.63, 3.8) is 0 Å². The molecule has 2 heterocycles. The number of anilines is 2. The number of aromatic nitrogens is 2. The number of amides is 1. The standard InChI is InChI=1S/C29H32N4O6/c1-33-26(29(35)39-5)25(32-24(34)12-11-18-9-7-6-8-10-18)21-15-20(17-31-28(21)33)30-16-19-13-22(36-2)27(38-4)23(14-19)37-3/h6-10,13-15,17,30H,11-12,16H2,1-5H3,(H,32,34). The normalized spacial score (nSPS) is 10.7. The molecule has 2 aromatic heterocycles. The SMILES string of the molecule is COC(=O)c1c(NC(=O)CCc2ccccc2)c2cc(NCc3cc(OC)c(OC)c(OC)c3)cnc2n1C. The van der Waals surface area contributed by atoms with Crippen molar-refractivity contribution in [3.05, 3.63) is 71.5 Å². The van der Waals surface area contributed by atoms with Gasteiger partial charge in [-0.1, -0.05) is 30.3 Å². The minimum absolute atomic E-state index is 0.215. The summed E-state index contributed by atoms with van der Waals surface area (Å²) >= 11 is 0. The number of ether oxygens (including phenoxy) is 4. The molecule has 0 saturated carbocycles. The molecule has 0 bridgehead atoms. The number of hydrogen-bond acceptors (Lipinski definition) is 8. The molecule has 0 spiro atoms. The molecule has 2 aromatic carbocycles. The molecule has 0 radical (unpaired) electrons. The van der Waals surface area contributed by atoms with Gasteiger partial charge in [0.15, 0.2) is 17.2 Å². The maximum Gasteiger partial charge on any atom is 0.356 e. The van der Waals surface area contributed by atoms with Crippen LogP contribution in [-0.4, -0.2) is 49.9 Å². The number of pyridine rings is 1. The van der Waals surface area contributed by atoms with Gasteiger partial charge >= 0.3 is 5.97 Å². The van der Waals surface area contributed by atoms with Gasteiger partial charge in [-0.3, -0.25) is 4.79 Å². The Morgan fingerprint density at radius 1 is 0.923 bits per heavy atom. The number of aryl methyl sites for hydroxylation is 2. The van der Waals surface area contributed by atoms with Crippen LogP contribution in [0.2, 0.25) is 0 Å². The van der Waals surface area contributed by atoms with Gasteiger partial charge in [-0.15, -0.1) is 0 Å². The third kappa shape index (κ3) is 5.90. The van der Waals surface area contributed by atoms with Crippen LogP contribution in [-0.2, 0) is 29.5 Å². The van der Waals surface area contributed by atoms with E-state index in [2.05, 4.69) is 15.6 Å². The average molecular weight is 533 g/mol. The van der Waals surface area contributed by atoms with Crippen molar-refractivity contribution in [2.24, 2.45) is 7.05 Å². The van der Waals surface area contributed by atoms with E-state index in [0.29, 0.717) is 52.6 Å². The van der Waals surface area contributed by atoms with Gasteiger partial charge in [0, 0.05) is 25.4 Å². The van der Waals surface area contributed by atoms with Gasteiger partial charge in [0.2, 0.25) is 11.7 Å². The minimum atomic E-state index is -0.569. The van der Waals surface area contributed by atoms with E-state index in [-0.39, 0.29) is 18.0 Å². The summed E-state index contributed by atoms with van der Waals surface area (Å²) in [6, 6.07) is 15.3. The highest BCUT2D eigenvalue weighted by atomic mass is 16.5. The lowest BCUT2D eigenvalue weighted by Crippen LogP contribution is -2.16. The Balaban J connectivity index is 1.61. The number of esters is 1. The van der Waals surface area contributed by atoms with E-state index in [4.69, 9.17) is 18.9 Å². The van der Waals surface area contributed by atoms with Gasteiger partial charge in [0.05, 0.1) is 46.0 Å². The summed E-state index contributed by atoms with van der Waals surface area (Å²) in [7, 11) is 7.70. The van der Waals surface area contributed by atoms with E-state index in [1.807, 2.05) is 48.5 Å². The second-order valence-electron chi connectivity index (χ2n) is 8.79. The number of nitrogens with zero attached hydrogens (tertiary/aromatic N) is 2. The zero-order chi connectivity index (χ0) is 27.9. The van der Waals surface area contributed by atoms with E-state index in [1.165, 1.54) is 7.11 Å². The van der Waals surface area contributed by atoms with E-state index in [9.17, 15) is 9.59 Å². The lowest BCUT2D eigenvalue weighted by Gasteiger charge is -2.15. The first-order chi connectivity index (χ1) is 18.9. The smallest absolute Gasteiger partial charge is 0.356 e. The van der Waals surface area contributed by atoms with Gasteiger partial charge in [-0.2, -0.15) is 0 Å². The Bertz CT molecular complexity index is 1460. The largest absolute Gasteiger partial charge is 0.493 e. The third-order valence-electron chi connectivity index (χ3n) is 6.37. The van der Waals surface area contributed by atoms with Crippen LogP contribution in [0, 0.1) is 0 Å².